The van der Waals surface area contributed by atoms with Gasteiger partial charge in [-0.1, -0.05) is 34.6 Å². The maximum absolute atomic E-state index is 11.6. The van der Waals surface area contributed by atoms with Crippen LogP contribution in [-0.2, 0) is 9.59 Å². The minimum Gasteiger partial charge on any atom is -0.480 e. The molecule has 0 aliphatic carbocycles. The van der Waals surface area contributed by atoms with Crippen LogP contribution in [0.1, 0.15) is 53.9 Å². The first-order valence-electron chi connectivity index (χ1n) is 6.18. The van der Waals surface area contributed by atoms with E-state index in [1.165, 1.54) is 0 Å². The van der Waals surface area contributed by atoms with Crippen molar-refractivity contribution in [3.8, 4) is 0 Å². The predicted octanol–water partition coefficient (Wildman–Crippen LogP) is 2.43. The predicted molar refractivity (Wildman–Crippen MR) is 67.7 cm³/mol. The number of carboxylic acid groups (broad SMARTS) is 1. The Balaban J connectivity index is 4.13. The molecule has 0 aliphatic rings. The van der Waals surface area contributed by atoms with Crippen molar-refractivity contribution in [2.24, 2.45) is 11.3 Å². The molecule has 2 atom stereocenters. The van der Waals surface area contributed by atoms with Gasteiger partial charge in [0.05, 0.1) is 0 Å². The van der Waals surface area contributed by atoms with Gasteiger partial charge in [0.25, 0.3) is 0 Å². The summed E-state index contributed by atoms with van der Waals surface area (Å²) in [5, 5.41) is 11.4. The zero-order chi connectivity index (χ0) is 13.6. The number of amides is 1. The lowest BCUT2D eigenvalue weighted by atomic mass is 9.84. The van der Waals surface area contributed by atoms with Crippen molar-refractivity contribution in [1.29, 1.82) is 0 Å². The van der Waals surface area contributed by atoms with Gasteiger partial charge in [0, 0.05) is 6.42 Å². The van der Waals surface area contributed by atoms with Crippen LogP contribution < -0.4 is 5.32 Å². The summed E-state index contributed by atoms with van der Waals surface area (Å²) in [5.74, 6) is -0.873. The fourth-order valence-electron chi connectivity index (χ4n) is 2.03. The fraction of sp³-hybridized carbons (Fsp3) is 0.846. The van der Waals surface area contributed by atoms with Crippen LogP contribution in [0.25, 0.3) is 0 Å². The highest BCUT2D eigenvalue weighted by Gasteiger charge is 2.21. The van der Waals surface area contributed by atoms with Crippen molar-refractivity contribution in [3.63, 3.8) is 0 Å². The van der Waals surface area contributed by atoms with Crippen molar-refractivity contribution in [2.75, 3.05) is 0 Å². The summed E-state index contributed by atoms with van der Waals surface area (Å²) in [4.78, 5) is 22.4. The Morgan fingerprint density at radius 3 is 2.18 bits per heavy atom. The second-order valence-electron chi connectivity index (χ2n) is 5.94. The molecule has 0 rings (SSSR count). The highest BCUT2D eigenvalue weighted by atomic mass is 16.4. The summed E-state index contributed by atoms with van der Waals surface area (Å²) in [5.41, 5.74) is 0.191. The number of hydrogen-bond acceptors (Lipinski definition) is 2. The first-order chi connectivity index (χ1) is 7.65. The molecule has 0 radical (unpaired) electrons. The van der Waals surface area contributed by atoms with Gasteiger partial charge in [-0.25, -0.2) is 4.79 Å². The van der Waals surface area contributed by atoms with Crippen LogP contribution in [0.4, 0.5) is 0 Å². The number of carbonyl (C=O) groups is 2. The normalized spacial score (nSPS) is 15.1. The Morgan fingerprint density at radius 1 is 1.29 bits per heavy atom. The van der Waals surface area contributed by atoms with Gasteiger partial charge in [0.15, 0.2) is 0 Å². The van der Waals surface area contributed by atoms with E-state index in [1.807, 2.05) is 6.92 Å². The average molecular weight is 243 g/mol. The molecule has 0 heterocycles. The van der Waals surface area contributed by atoms with Crippen LogP contribution in [0.2, 0.25) is 0 Å². The Kier molecular flexibility index (Phi) is 6.21. The summed E-state index contributed by atoms with van der Waals surface area (Å²) >= 11 is 0. The third-order valence-electron chi connectivity index (χ3n) is 2.54. The summed E-state index contributed by atoms with van der Waals surface area (Å²) in [6.07, 6.45) is 1.75. The van der Waals surface area contributed by atoms with E-state index in [1.54, 1.807) is 6.92 Å². The molecular formula is C13H25NO3. The first kappa shape index (κ1) is 15.9. The quantitative estimate of drug-likeness (QED) is 0.753. The van der Waals surface area contributed by atoms with Crippen molar-refractivity contribution >= 4 is 11.9 Å². The lowest BCUT2D eigenvalue weighted by Crippen LogP contribution is -2.40. The van der Waals surface area contributed by atoms with Crippen LogP contribution in [0.5, 0.6) is 0 Å². The Labute approximate surface area is 104 Å². The first-order valence-corrected chi connectivity index (χ1v) is 6.18. The summed E-state index contributed by atoms with van der Waals surface area (Å²) in [7, 11) is 0. The topological polar surface area (TPSA) is 66.4 Å². The standard InChI is InChI=1S/C13H25NO3/c1-6-10(12(16)17)14-11(15)7-9(2)8-13(3,4)5/h9-10H,6-8H2,1-5H3,(H,14,15)(H,16,17)/t9?,10-/m0/s1. The number of hydrogen-bond donors (Lipinski definition) is 2. The molecule has 1 unspecified atom stereocenters. The molecule has 0 bridgehead atoms. The summed E-state index contributed by atoms with van der Waals surface area (Å²) in [6, 6.07) is -0.760. The van der Waals surface area contributed by atoms with Crippen molar-refractivity contribution < 1.29 is 14.7 Å². The van der Waals surface area contributed by atoms with E-state index in [0.717, 1.165) is 6.42 Å². The highest BCUT2D eigenvalue weighted by molar-refractivity contribution is 5.83. The minimum atomic E-state index is -0.968. The maximum Gasteiger partial charge on any atom is 0.326 e. The minimum absolute atomic E-state index is 0.170. The molecule has 4 nitrogen and oxygen atoms in total. The zero-order valence-electron chi connectivity index (χ0n) is 11.5. The van der Waals surface area contributed by atoms with Gasteiger partial charge in [-0.2, -0.15) is 0 Å². The fourth-order valence-corrected chi connectivity index (χ4v) is 2.03. The second-order valence-corrected chi connectivity index (χ2v) is 5.94. The molecule has 0 fully saturated rings. The van der Waals surface area contributed by atoms with E-state index in [2.05, 4.69) is 26.1 Å². The van der Waals surface area contributed by atoms with Gasteiger partial charge in [-0.15, -0.1) is 0 Å². The van der Waals surface area contributed by atoms with E-state index in [4.69, 9.17) is 5.11 Å². The van der Waals surface area contributed by atoms with Crippen LogP contribution in [-0.4, -0.2) is 23.0 Å². The number of nitrogens with one attached hydrogen (secondary N) is 1. The van der Waals surface area contributed by atoms with Crippen molar-refractivity contribution in [1.82, 2.24) is 5.32 Å². The van der Waals surface area contributed by atoms with Gasteiger partial charge in [0.2, 0.25) is 5.91 Å². The number of carbonyl (C=O) groups excluding carboxylic acids is 1. The van der Waals surface area contributed by atoms with Gasteiger partial charge in [-0.05, 0) is 24.2 Å². The second kappa shape index (κ2) is 6.62. The largest absolute Gasteiger partial charge is 0.480 e. The SMILES string of the molecule is CC[C@H](NC(=O)CC(C)CC(C)(C)C)C(=O)O. The maximum atomic E-state index is 11.6. The molecule has 4 heteroatoms. The molecule has 1 amide bonds. The monoisotopic (exact) mass is 243 g/mol. The third kappa shape index (κ3) is 7.77. The van der Waals surface area contributed by atoms with Gasteiger partial charge in [-0.3, -0.25) is 4.79 Å². The Bertz CT molecular complexity index is 268. The molecule has 0 aromatic heterocycles. The molecule has 0 saturated carbocycles. The summed E-state index contributed by atoms with van der Waals surface area (Å²) in [6.45, 7) is 10.2. The number of carboxylic acids is 1. The van der Waals surface area contributed by atoms with Gasteiger partial charge >= 0.3 is 5.97 Å². The smallest absolute Gasteiger partial charge is 0.326 e. The van der Waals surface area contributed by atoms with Crippen LogP contribution in [0, 0.1) is 11.3 Å². The molecule has 2 N–H and O–H groups in total. The summed E-state index contributed by atoms with van der Waals surface area (Å²) < 4.78 is 0. The molecule has 17 heavy (non-hydrogen) atoms. The van der Waals surface area contributed by atoms with Crippen LogP contribution in [0.15, 0.2) is 0 Å². The van der Waals surface area contributed by atoms with Crippen LogP contribution >= 0.6 is 0 Å². The number of rotatable bonds is 6. The molecular weight excluding hydrogens is 218 g/mol. The molecule has 100 valence electrons. The van der Waals surface area contributed by atoms with E-state index >= 15 is 0 Å². The third-order valence-corrected chi connectivity index (χ3v) is 2.54. The molecule has 0 aromatic rings. The van der Waals surface area contributed by atoms with E-state index in [0.29, 0.717) is 12.8 Å². The van der Waals surface area contributed by atoms with E-state index < -0.39 is 12.0 Å². The number of aliphatic carboxylic acids is 1. The molecule has 0 spiro atoms. The van der Waals surface area contributed by atoms with Gasteiger partial charge in [0.1, 0.15) is 6.04 Å². The molecule has 0 saturated heterocycles. The van der Waals surface area contributed by atoms with Crippen molar-refractivity contribution in [2.45, 2.75) is 59.9 Å². The Morgan fingerprint density at radius 2 is 1.82 bits per heavy atom. The lowest BCUT2D eigenvalue weighted by molar-refractivity contribution is -0.142. The van der Waals surface area contributed by atoms with Crippen LogP contribution in [0.3, 0.4) is 0 Å². The zero-order valence-corrected chi connectivity index (χ0v) is 11.5. The molecule has 0 aromatic carbocycles. The van der Waals surface area contributed by atoms with E-state index in [-0.39, 0.29) is 17.2 Å². The van der Waals surface area contributed by atoms with E-state index in [9.17, 15) is 9.59 Å². The van der Waals surface area contributed by atoms with Crippen molar-refractivity contribution in [3.05, 3.63) is 0 Å². The average Bonchev–Trinajstić information content (AvgIpc) is 2.09. The lowest BCUT2D eigenvalue weighted by Gasteiger charge is -2.23. The molecule has 0 aliphatic heterocycles. The highest BCUT2D eigenvalue weighted by Crippen LogP contribution is 2.25. The van der Waals surface area contributed by atoms with Gasteiger partial charge < -0.3 is 10.4 Å². The Hall–Kier alpha value is -1.06.